The first-order valence-electron chi connectivity index (χ1n) is 11.1. The van der Waals surface area contributed by atoms with Gasteiger partial charge in [0.2, 0.25) is 0 Å². The summed E-state index contributed by atoms with van der Waals surface area (Å²) in [5.74, 6) is -0.493. The Morgan fingerprint density at radius 3 is 2.40 bits per heavy atom. The van der Waals surface area contributed by atoms with Crippen LogP contribution in [-0.2, 0) is 4.79 Å². The molecule has 0 aliphatic carbocycles. The average Bonchev–Trinajstić information content (AvgIpc) is 3.45. The van der Waals surface area contributed by atoms with Crippen LogP contribution in [0, 0.1) is 25.2 Å². The lowest BCUT2D eigenvalue weighted by Crippen LogP contribution is -2.35. The summed E-state index contributed by atoms with van der Waals surface area (Å²) in [6.07, 6.45) is 3.17. The minimum Gasteiger partial charge on any atom is -0.434 e. The van der Waals surface area contributed by atoms with Crippen LogP contribution in [0.3, 0.4) is 0 Å². The Morgan fingerprint density at radius 1 is 1.11 bits per heavy atom. The molecule has 180 valence electrons. The molecule has 0 N–H and O–H groups in total. The molecule has 0 saturated carbocycles. The molecule has 0 spiro atoms. The number of carbonyl (C=O) groups excluding carboxylic acids is 1. The number of carbonyl (C=O) groups is 1. The highest BCUT2D eigenvalue weighted by Gasteiger charge is 2.25. The van der Waals surface area contributed by atoms with Crippen molar-refractivity contribution in [3.63, 3.8) is 0 Å². The Morgan fingerprint density at radius 2 is 1.77 bits per heavy atom. The Bertz CT molecular complexity index is 1470. The summed E-state index contributed by atoms with van der Waals surface area (Å²) >= 11 is 0.985. The van der Waals surface area contributed by atoms with Crippen molar-refractivity contribution in [2.24, 2.45) is 0 Å². The van der Waals surface area contributed by atoms with E-state index >= 15 is 0 Å². The molecule has 0 unspecified atom stereocenters. The Hall–Kier alpha value is -3.77. The standard InChI is InChI=1S/C26H23F2N3O3S/c1-16-8-7-9-17(2)22(16)31-24(33)21(14-18-10-3-4-11-20(18)34-26(27)28)35-25(31)19(15-29)23(32)30-12-5-6-13-30/h3-4,7-11,14,26H,5-6,12-13H2,1-2H3/b21-14+,25-19-. The summed E-state index contributed by atoms with van der Waals surface area (Å²) in [5.41, 5.74) is 1.90. The van der Waals surface area contributed by atoms with Gasteiger partial charge in [0.05, 0.1) is 10.2 Å². The zero-order valence-electron chi connectivity index (χ0n) is 19.3. The Balaban J connectivity index is 2.06. The van der Waals surface area contributed by atoms with Crippen LogP contribution in [0.25, 0.3) is 17.3 Å². The first kappa shape index (κ1) is 24.4. The van der Waals surface area contributed by atoms with Gasteiger partial charge in [-0.3, -0.25) is 14.2 Å². The second kappa shape index (κ2) is 10.2. The van der Waals surface area contributed by atoms with Crippen molar-refractivity contribution in [2.75, 3.05) is 13.1 Å². The van der Waals surface area contributed by atoms with Crippen molar-refractivity contribution in [3.8, 4) is 17.5 Å². The highest BCUT2D eigenvalue weighted by atomic mass is 32.1. The van der Waals surface area contributed by atoms with E-state index < -0.39 is 18.1 Å². The van der Waals surface area contributed by atoms with E-state index in [9.17, 15) is 23.6 Å². The maximum Gasteiger partial charge on any atom is 0.387 e. The van der Waals surface area contributed by atoms with E-state index in [2.05, 4.69) is 4.74 Å². The Kier molecular flexibility index (Phi) is 7.12. The number of hydrogen-bond acceptors (Lipinski definition) is 5. The molecule has 1 fully saturated rings. The average molecular weight is 496 g/mol. The lowest BCUT2D eigenvalue weighted by atomic mass is 10.1. The fraction of sp³-hybridized carbons (Fsp3) is 0.269. The van der Waals surface area contributed by atoms with Gasteiger partial charge >= 0.3 is 6.61 Å². The van der Waals surface area contributed by atoms with Gasteiger partial charge in [-0.25, -0.2) is 0 Å². The van der Waals surface area contributed by atoms with Gasteiger partial charge in [-0.05, 0) is 50.0 Å². The molecule has 0 bridgehead atoms. The van der Waals surface area contributed by atoms with E-state index in [1.54, 1.807) is 23.1 Å². The van der Waals surface area contributed by atoms with Crippen molar-refractivity contribution in [2.45, 2.75) is 33.3 Å². The fourth-order valence-electron chi connectivity index (χ4n) is 4.22. The number of thiazole rings is 1. The summed E-state index contributed by atoms with van der Waals surface area (Å²) in [4.78, 5) is 28.5. The van der Waals surface area contributed by atoms with Crippen LogP contribution < -0.4 is 19.5 Å². The van der Waals surface area contributed by atoms with E-state index in [4.69, 9.17) is 0 Å². The largest absolute Gasteiger partial charge is 0.434 e. The van der Waals surface area contributed by atoms with Gasteiger partial charge in [0.15, 0.2) is 5.57 Å². The molecule has 9 heteroatoms. The summed E-state index contributed by atoms with van der Waals surface area (Å²) < 4.78 is 32.2. The predicted octanol–water partition coefficient (Wildman–Crippen LogP) is 3.24. The number of likely N-dealkylation sites (tertiary alicyclic amines) is 1. The number of rotatable bonds is 5. The van der Waals surface area contributed by atoms with E-state index in [-0.39, 0.29) is 26.1 Å². The van der Waals surface area contributed by atoms with Crippen LogP contribution in [-0.4, -0.2) is 35.1 Å². The number of para-hydroxylation sites is 2. The first-order valence-corrected chi connectivity index (χ1v) is 11.9. The molecular weight excluding hydrogens is 472 g/mol. The molecule has 1 aliphatic heterocycles. The van der Waals surface area contributed by atoms with Gasteiger partial charge in [-0.1, -0.05) is 36.4 Å². The summed E-state index contributed by atoms with van der Waals surface area (Å²) in [6.45, 7) is 1.78. The van der Waals surface area contributed by atoms with Crippen LogP contribution >= 0.6 is 11.3 Å². The molecule has 1 saturated heterocycles. The van der Waals surface area contributed by atoms with Gasteiger partial charge < -0.3 is 9.64 Å². The number of ether oxygens (including phenoxy) is 1. The molecule has 4 rings (SSSR count). The van der Waals surface area contributed by atoms with E-state index in [0.717, 1.165) is 35.3 Å². The van der Waals surface area contributed by atoms with Gasteiger partial charge in [0, 0.05) is 18.7 Å². The topological polar surface area (TPSA) is 75.3 Å². The lowest BCUT2D eigenvalue weighted by molar-refractivity contribution is -0.123. The third kappa shape index (κ3) is 4.88. The Labute approximate surface area is 204 Å². The molecule has 6 nitrogen and oxygen atoms in total. The van der Waals surface area contributed by atoms with Crippen LogP contribution in [0.4, 0.5) is 8.78 Å². The molecule has 1 aromatic heterocycles. The number of nitrogens with zero attached hydrogens (tertiary/aromatic N) is 3. The van der Waals surface area contributed by atoms with E-state index in [1.165, 1.54) is 16.7 Å². The van der Waals surface area contributed by atoms with E-state index in [1.807, 2.05) is 38.1 Å². The molecule has 35 heavy (non-hydrogen) atoms. The summed E-state index contributed by atoms with van der Waals surface area (Å²) in [7, 11) is 0. The first-order chi connectivity index (χ1) is 16.8. The van der Waals surface area contributed by atoms with Gasteiger partial charge in [-0.2, -0.15) is 14.0 Å². The molecule has 2 heterocycles. The minimum absolute atomic E-state index is 0.0758. The van der Waals surface area contributed by atoms with Crippen LogP contribution in [0.1, 0.15) is 29.5 Å². The van der Waals surface area contributed by atoms with Gasteiger partial charge in [-0.15, -0.1) is 11.3 Å². The molecule has 3 aromatic rings. The molecule has 0 atom stereocenters. The van der Waals surface area contributed by atoms with Crippen molar-refractivity contribution >= 4 is 28.9 Å². The summed E-state index contributed by atoms with van der Waals surface area (Å²) in [5, 5.41) is 10.00. The number of alkyl halides is 2. The maximum atomic E-state index is 13.7. The molecular formula is C26H23F2N3O3S. The maximum absolute atomic E-state index is 13.7. The number of halogens is 2. The van der Waals surface area contributed by atoms with Crippen LogP contribution in [0.5, 0.6) is 5.75 Å². The van der Waals surface area contributed by atoms with E-state index in [0.29, 0.717) is 18.8 Å². The number of nitriles is 1. The third-order valence-electron chi connectivity index (χ3n) is 5.84. The number of aromatic nitrogens is 1. The molecule has 1 aliphatic rings. The predicted molar refractivity (Wildman–Crippen MR) is 130 cm³/mol. The van der Waals surface area contributed by atoms with Crippen molar-refractivity contribution in [3.05, 3.63) is 78.7 Å². The normalized spacial score (nSPS) is 14.9. The molecule has 1 amide bonds. The number of benzene rings is 2. The molecule has 0 radical (unpaired) electrons. The lowest BCUT2D eigenvalue weighted by Gasteiger charge is -2.15. The van der Waals surface area contributed by atoms with Gasteiger partial charge in [0.25, 0.3) is 11.5 Å². The highest BCUT2D eigenvalue weighted by molar-refractivity contribution is 7.07. The molecule has 2 aromatic carbocycles. The van der Waals surface area contributed by atoms with Crippen molar-refractivity contribution in [1.82, 2.24) is 9.47 Å². The zero-order chi connectivity index (χ0) is 25.1. The summed E-state index contributed by atoms with van der Waals surface area (Å²) in [6, 6.07) is 13.7. The van der Waals surface area contributed by atoms with Crippen LogP contribution in [0.15, 0.2) is 47.3 Å². The quantitative estimate of drug-likeness (QED) is 0.545. The van der Waals surface area contributed by atoms with Crippen LogP contribution in [0.2, 0.25) is 0 Å². The van der Waals surface area contributed by atoms with Crippen molar-refractivity contribution in [1.29, 1.82) is 5.26 Å². The van der Waals surface area contributed by atoms with Gasteiger partial charge in [0.1, 0.15) is 16.5 Å². The monoisotopic (exact) mass is 495 g/mol. The number of amides is 1. The smallest absolute Gasteiger partial charge is 0.387 e. The minimum atomic E-state index is -3.02. The number of hydrogen-bond donors (Lipinski definition) is 0. The van der Waals surface area contributed by atoms with Crippen molar-refractivity contribution < 1.29 is 18.3 Å². The SMILES string of the molecule is Cc1cccc(C)c1-n1c(=O)/c(=C\c2ccccc2OC(F)F)s/c1=C(/C#N)C(=O)N1CCCC1. The fourth-order valence-corrected chi connectivity index (χ4v) is 5.29. The third-order valence-corrected chi connectivity index (χ3v) is 6.93. The second-order valence-electron chi connectivity index (χ2n) is 8.20. The number of aryl methyl sites for hydroxylation is 2. The highest BCUT2D eigenvalue weighted by Crippen LogP contribution is 2.21. The second-order valence-corrected chi connectivity index (χ2v) is 9.23. The zero-order valence-corrected chi connectivity index (χ0v) is 20.1.